The van der Waals surface area contributed by atoms with E-state index < -0.39 is 29.4 Å². The van der Waals surface area contributed by atoms with Gasteiger partial charge in [-0.15, -0.1) is 11.3 Å². The third-order valence-corrected chi connectivity index (χ3v) is 6.79. The maximum Gasteiger partial charge on any atom is 0.417 e. The number of likely N-dealkylation sites (tertiary alicyclic amines) is 1. The largest absolute Gasteiger partial charge is 0.417 e. The van der Waals surface area contributed by atoms with Gasteiger partial charge in [0.1, 0.15) is 11.5 Å². The van der Waals surface area contributed by atoms with Gasteiger partial charge >= 0.3 is 6.18 Å². The van der Waals surface area contributed by atoms with Gasteiger partial charge in [-0.1, -0.05) is 18.2 Å². The Morgan fingerprint density at radius 3 is 2.50 bits per heavy atom. The molecule has 5 nitrogen and oxygen atoms in total. The number of halogens is 4. The van der Waals surface area contributed by atoms with Crippen LogP contribution in [0.25, 0.3) is 0 Å². The summed E-state index contributed by atoms with van der Waals surface area (Å²) in [7, 11) is 0. The Morgan fingerprint density at radius 2 is 1.82 bits per heavy atom. The predicted octanol–water partition coefficient (Wildman–Crippen LogP) is 5.88. The van der Waals surface area contributed by atoms with Gasteiger partial charge in [0.25, 0.3) is 11.8 Å². The molecule has 2 amide bonds. The molecule has 0 saturated carbocycles. The van der Waals surface area contributed by atoms with Crippen molar-refractivity contribution in [1.29, 1.82) is 0 Å². The van der Waals surface area contributed by atoms with E-state index in [4.69, 9.17) is 0 Å². The zero-order valence-electron chi connectivity index (χ0n) is 18.2. The van der Waals surface area contributed by atoms with Crippen LogP contribution in [0.4, 0.5) is 23.2 Å². The summed E-state index contributed by atoms with van der Waals surface area (Å²) in [5, 5.41) is 4.96. The Kier molecular flexibility index (Phi) is 6.70. The number of piperidine rings is 1. The first kappa shape index (κ1) is 23.9. The molecule has 10 heteroatoms. The molecule has 1 aliphatic heterocycles. The van der Waals surface area contributed by atoms with E-state index >= 15 is 0 Å². The number of thiazole rings is 1. The number of carbonyl (C=O) groups excluding carboxylic acids is 2. The fraction of sp³-hybridized carbons (Fsp3) is 0.292. The molecule has 2 aromatic carbocycles. The molecular formula is C24H21F4N3O2S. The highest BCUT2D eigenvalue weighted by molar-refractivity contribution is 7.10. The minimum Gasteiger partial charge on any atom is -0.339 e. The van der Waals surface area contributed by atoms with Crippen molar-refractivity contribution in [1.82, 2.24) is 9.88 Å². The molecule has 2 heterocycles. The van der Waals surface area contributed by atoms with Crippen molar-refractivity contribution in [2.45, 2.75) is 31.9 Å². The number of aromatic nitrogens is 1. The lowest BCUT2D eigenvalue weighted by Crippen LogP contribution is -2.38. The lowest BCUT2D eigenvalue weighted by molar-refractivity contribution is -0.138. The van der Waals surface area contributed by atoms with Crippen molar-refractivity contribution in [2.75, 3.05) is 18.4 Å². The van der Waals surface area contributed by atoms with Crippen LogP contribution in [0.5, 0.6) is 0 Å². The minimum atomic E-state index is -4.60. The molecule has 1 aromatic heterocycles. The number of hydrogen-bond acceptors (Lipinski definition) is 4. The predicted molar refractivity (Wildman–Crippen MR) is 121 cm³/mol. The smallest absolute Gasteiger partial charge is 0.339 e. The standard InChI is InChI=1S/C24H21F4N3O2S/c1-14-6-7-16(12-19(14)25)29-21(32)20-13-34-22(30-20)15-8-10-31(11-9-15)23(33)17-4-2-3-5-18(17)24(26,27)28/h2-7,12-13,15H,8-11H2,1H3,(H,29,32). The minimum absolute atomic E-state index is 0.00900. The average Bonchev–Trinajstić information content (AvgIpc) is 3.31. The first-order valence-electron chi connectivity index (χ1n) is 10.6. The summed E-state index contributed by atoms with van der Waals surface area (Å²) in [6.45, 7) is 2.21. The number of benzene rings is 2. The highest BCUT2D eigenvalue weighted by atomic mass is 32.1. The third-order valence-electron chi connectivity index (χ3n) is 5.78. The van der Waals surface area contributed by atoms with E-state index in [9.17, 15) is 27.2 Å². The van der Waals surface area contributed by atoms with Crippen molar-refractivity contribution >= 4 is 28.8 Å². The van der Waals surface area contributed by atoms with Gasteiger partial charge in [-0.3, -0.25) is 9.59 Å². The summed E-state index contributed by atoms with van der Waals surface area (Å²) < 4.78 is 53.5. The second kappa shape index (κ2) is 9.54. The normalized spacial score (nSPS) is 14.8. The SMILES string of the molecule is Cc1ccc(NC(=O)c2csc(C3CCN(C(=O)c4ccccc4C(F)(F)F)CC3)n2)cc1F. The monoisotopic (exact) mass is 491 g/mol. The highest BCUT2D eigenvalue weighted by Crippen LogP contribution is 2.34. The number of nitrogens with zero attached hydrogens (tertiary/aromatic N) is 2. The number of rotatable bonds is 4. The van der Waals surface area contributed by atoms with Crippen molar-refractivity contribution < 1.29 is 27.2 Å². The first-order valence-corrected chi connectivity index (χ1v) is 11.5. The molecule has 0 unspecified atom stereocenters. The van der Waals surface area contributed by atoms with Crippen LogP contribution in [0.15, 0.2) is 47.8 Å². The average molecular weight is 492 g/mol. The molecule has 1 fully saturated rings. The van der Waals surface area contributed by atoms with Crippen LogP contribution in [0.1, 0.15) is 55.7 Å². The molecule has 4 rings (SSSR count). The maximum absolute atomic E-state index is 13.7. The van der Waals surface area contributed by atoms with Gasteiger partial charge in [0.05, 0.1) is 16.1 Å². The van der Waals surface area contributed by atoms with Crippen LogP contribution in [0.2, 0.25) is 0 Å². The zero-order chi connectivity index (χ0) is 24.5. The van der Waals surface area contributed by atoms with Crippen LogP contribution in [-0.4, -0.2) is 34.8 Å². The fourth-order valence-electron chi connectivity index (χ4n) is 3.86. The lowest BCUT2D eigenvalue weighted by Gasteiger charge is -2.31. The van der Waals surface area contributed by atoms with Gasteiger partial charge in [-0.2, -0.15) is 13.2 Å². The van der Waals surface area contributed by atoms with E-state index in [-0.39, 0.29) is 17.2 Å². The molecule has 3 aromatic rings. The van der Waals surface area contributed by atoms with Gasteiger partial charge in [0.2, 0.25) is 0 Å². The van der Waals surface area contributed by atoms with Gasteiger partial charge < -0.3 is 10.2 Å². The van der Waals surface area contributed by atoms with Crippen LogP contribution in [0.3, 0.4) is 0 Å². The number of anilines is 1. The molecule has 0 spiro atoms. The van der Waals surface area contributed by atoms with Crippen LogP contribution in [0, 0.1) is 12.7 Å². The van der Waals surface area contributed by atoms with Gasteiger partial charge in [0, 0.05) is 30.1 Å². The summed E-state index contributed by atoms with van der Waals surface area (Å²) in [6.07, 6.45) is -3.55. The Hall–Kier alpha value is -3.27. The van der Waals surface area contributed by atoms with Crippen LogP contribution < -0.4 is 5.32 Å². The molecule has 0 radical (unpaired) electrons. The second-order valence-corrected chi connectivity index (χ2v) is 8.99. The van der Waals surface area contributed by atoms with Crippen molar-refractivity contribution in [3.8, 4) is 0 Å². The van der Waals surface area contributed by atoms with E-state index in [1.165, 1.54) is 40.5 Å². The van der Waals surface area contributed by atoms with Gasteiger partial charge in [-0.25, -0.2) is 9.37 Å². The molecule has 1 saturated heterocycles. The molecule has 0 aliphatic carbocycles. The van der Waals surface area contributed by atoms with Gasteiger partial charge in [-0.05, 0) is 49.6 Å². The number of alkyl halides is 3. The topological polar surface area (TPSA) is 62.3 Å². The molecule has 1 aliphatic rings. The van der Waals surface area contributed by atoms with E-state index in [2.05, 4.69) is 10.3 Å². The summed E-state index contributed by atoms with van der Waals surface area (Å²) in [5.74, 6) is -1.53. The summed E-state index contributed by atoms with van der Waals surface area (Å²) in [5.41, 5.74) is -0.284. The number of hydrogen-bond donors (Lipinski definition) is 1. The Morgan fingerprint density at radius 1 is 1.12 bits per heavy atom. The van der Waals surface area contributed by atoms with Crippen molar-refractivity contribution in [3.05, 3.63) is 81.1 Å². The Balaban J connectivity index is 1.38. The van der Waals surface area contributed by atoms with Gasteiger partial charge in [0.15, 0.2) is 0 Å². The Bertz CT molecular complexity index is 1220. The van der Waals surface area contributed by atoms with E-state index in [0.29, 0.717) is 37.2 Å². The van der Waals surface area contributed by atoms with Crippen molar-refractivity contribution in [2.24, 2.45) is 0 Å². The number of carbonyl (C=O) groups is 2. The molecular weight excluding hydrogens is 470 g/mol. The molecule has 1 N–H and O–H groups in total. The fourth-order valence-corrected chi connectivity index (χ4v) is 4.83. The highest BCUT2D eigenvalue weighted by Gasteiger charge is 2.36. The van der Waals surface area contributed by atoms with Crippen LogP contribution in [-0.2, 0) is 6.18 Å². The van der Waals surface area contributed by atoms with Crippen LogP contribution >= 0.6 is 11.3 Å². The van der Waals surface area contributed by atoms with E-state index in [1.807, 2.05) is 0 Å². The lowest BCUT2D eigenvalue weighted by atomic mass is 9.96. The first-order chi connectivity index (χ1) is 16.1. The second-order valence-electron chi connectivity index (χ2n) is 8.10. The maximum atomic E-state index is 13.7. The molecule has 178 valence electrons. The zero-order valence-corrected chi connectivity index (χ0v) is 19.0. The third kappa shape index (κ3) is 5.11. The molecule has 34 heavy (non-hydrogen) atoms. The molecule has 0 atom stereocenters. The quantitative estimate of drug-likeness (QED) is 0.464. The summed E-state index contributed by atoms with van der Waals surface area (Å²) >= 11 is 1.31. The summed E-state index contributed by atoms with van der Waals surface area (Å²) in [4.78, 5) is 31.1. The number of aryl methyl sites for hydroxylation is 1. The van der Waals surface area contributed by atoms with Crippen molar-refractivity contribution in [3.63, 3.8) is 0 Å². The number of nitrogens with one attached hydrogen (secondary N) is 1. The van der Waals surface area contributed by atoms with E-state index in [0.717, 1.165) is 11.1 Å². The summed E-state index contributed by atoms with van der Waals surface area (Å²) in [6, 6.07) is 9.20. The molecule has 0 bridgehead atoms. The number of amides is 2. The Labute approximate surface area is 197 Å². The van der Waals surface area contributed by atoms with E-state index in [1.54, 1.807) is 24.4 Å².